The van der Waals surface area contributed by atoms with Gasteiger partial charge in [0.25, 0.3) is 0 Å². The Kier molecular flexibility index (Phi) is 3.37. The van der Waals surface area contributed by atoms with E-state index in [-0.39, 0.29) is 18.1 Å². The van der Waals surface area contributed by atoms with Gasteiger partial charge in [-0.2, -0.15) is 5.10 Å². The highest BCUT2D eigenvalue weighted by molar-refractivity contribution is 5.94. The van der Waals surface area contributed by atoms with Gasteiger partial charge in [0.2, 0.25) is 5.91 Å². The zero-order valence-corrected chi connectivity index (χ0v) is 12.5. The van der Waals surface area contributed by atoms with Crippen molar-refractivity contribution < 1.29 is 13.6 Å². The maximum absolute atomic E-state index is 14.2. The molecule has 1 atom stereocenters. The Morgan fingerprint density at radius 3 is 2.71 bits per heavy atom. The summed E-state index contributed by atoms with van der Waals surface area (Å²) in [6.07, 6.45) is 1.74. The van der Waals surface area contributed by atoms with E-state index in [9.17, 15) is 13.6 Å². The van der Waals surface area contributed by atoms with Crippen molar-refractivity contribution in [3.63, 3.8) is 0 Å². The second kappa shape index (κ2) is 5.56. The van der Waals surface area contributed by atoms with Crippen molar-refractivity contribution in [1.82, 2.24) is 9.78 Å². The van der Waals surface area contributed by atoms with Crippen LogP contribution < -0.4 is 5.32 Å². The molecular formula is C18H13F2N3O. The Bertz CT molecular complexity index is 936. The summed E-state index contributed by atoms with van der Waals surface area (Å²) in [5, 5.41) is 7.02. The van der Waals surface area contributed by atoms with Gasteiger partial charge in [-0.25, -0.2) is 13.5 Å². The van der Waals surface area contributed by atoms with Crippen LogP contribution >= 0.6 is 0 Å². The first-order valence-corrected chi connectivity index (χ1v) is 7.51. The molecule has 0 saturated carbocycles. The summed E-state index contributed by atoms with van der Waals surface area (Å²) >= 11 is 0. The fourth-order valence-electron chi connectivity index (χ4n) is 3.06. The molecule has 3 aromatic rings. The summed E-state index contributed by atoms with van der Waals surface area (Å²) in [5.41, 5.74) is 1.65. The van der Waals surface area contributed by atoms with Crippen LogP contribution in [0.5, 0.6) is 0 Å². The Balaban J connectivity index is 1.85. The molecule has 2 aromatic carbocycles. The minimum Gasteiger partial charge on any atom is -0.310 e. The number of nitrogens with one attached hydrogen (secondary N) is 1. The summed E-state index contributed by atoms with van der Waals surface area (Å²) in [4.78, 5) is 12.1. The first kappa shape index (κ1) is 14.6. The van der Waals surface area contributed by atoms with E-state index in [0.29, 0.717) is 22.6 Å². The molecule has 1 aromatic heterocycles. The molecule has 4 nitrogen and oxygen atoms in total. The summed E-state index contributed by atoms with van der Waals surface area (Å²) in [6, 6.07) is 12.3. The Morgan fingerprint density at radius 2 is 1.92 bits per heavy atom. The number of rotatable bonds is 2. The number of carbonyl (C=O) groups is 1. The van der Waals surface area contributed by atoms with Gasteiger partial charge in [0, 0.05) is 17.9 Å². The van der Waals surface area contributed by atoms with Gasteiger partial charge in [-0.05, 0) is 29.8 Å². The monoisotopic (exact) mass is 325 g/mol. The number of nitrogens with zero attached hydrogens (tertiary/aromatic N) is 2. The highest BCUT2D eigenvalue weighted by atomic mass is 19.1. The van der Waals surface area contributed by atoms with Gasteiger partial charge in [-0.15, -0.1) is 0 Å². The van der Waals surface area contributed by atoms with Gasteiger partial charge < -0.3 is 5.32 Å². The normalized spacial score (nSPS) is 16.6. The summed E-state index contributed by atoms with van der Waals surface area (Å²) < 4.78 is 29.1. The fraction of sp³-hybridized carbons (Fsp3) is 0.111. The van der Waals surface area contributed by atoms with Crippen LogP contribution in [0.1, 0.15) is 23.5 Å². The van der Waals surface area contributed by atoms with Crippen LogP contribution in [-0.2, 0) is 4.79 Å². The van der Waals surface area contributed by atoms with E-state index in [4.69, 9.17) is 0 Å². The lowest BCUT2D eigenvalue weighted by Crippen LogP contribution is -2.25. The standard InChI is InChI=1S/C18H13F2N3O/c19-11-4-3-5-12(8-11)23-18-15(10-21-23)14(9-17(24)22-18)13-6-1-2-7-16(13)20/h1-8,10,14H,9H2,(H,22,24). The van der Waals surface area contributed by atoms with Crippen molar-refractivity contribution in [2.24, 2.45) is 0 Å². The van der Waals surface area contributed by atoms with E-state index in [1.54, 1.807) is 36.5 Å². The third kappa shape index (κ3) is 2.36. The average Bonchev–Trinajstić information content (AvgIpc) is 2.98. The number of fused-ring (bicyclic) bond motifs is 1. The van der Waals surface area contributed by atoms with Crippen LogP contribution in [0.25, 0.3) is 5.69 Å². The Labute approximate surface area is 136 Å². The molecule has 0 fully saturated rings. The maximum atomic E-state index is 14.2. The quantitative estimate of drug-likeness (QED) is 0.782. The molecule has 0 saturated heterocycles. The largest absolute Gasteiger partial charge is 0.310 e. The van der Waals surface area contributed by atoms with Gasteiger partial charge >= 0.3 is 0 Å². The number of hydrogen-bond donors (Lipinski definition) is 1. The van der Waals surface area contributed by atoms with Crippen LogP contribution in [0.2, 0.25) is 0 Å². The van der Waals surface area contributed by atoms with Crippen LogP contribution in [-0.4, -0.2) is 15.7 Å². The number of anilines is 1. The number of carbonyl (C=O) groups excluding carboxylic acids is 1. The number of halogens is 2. The molecule has 1 N–H and O–H groups in total. The predicted octanol–water partition coefficient (Wildman–Crippen LogP) is 3.62. The van der Waals surface area contributed by atoms with Crippen molar-refractivity contribution >= 4 is 11.7 Å². The molecule has 6 heteroatoms. The summed E-state index contributed by atoms with van der Waals surface area (Å²) in [5.74, 6) is -0.956. The van der Waals surface area contributed by atoms with Crippen LogP contribution in [0.3, 0.4) is 0 Å². The highest BCUT2D eigenvalue weighted by Gasteiger charge is 2.31. The molecule has 0 bridgehead atoms. The topological polar surface area (TPSA) is 46.9 Å². The predicted molar refractivity (Wildman–Crippen MR) is 85.0 cm³/mol. The average molecular weight is 325 g/mol. The van der Waals surface area contributed by atoms with E-state index in [0.717, 1.165) is 0 Å². The number of aromatic nitrogens is 2. The van der Waals surface area contributed by atoms with Gasteiger partial charge in [-0.1, -0.05) is 24.3 Å². The lowest BCUT2D eigenvalue weighted by molar-refractivity contribution is -0.116. The molecular weight excluding hydrogens is 312 g/mol. The molecule has 0 spiro atoms. The minimum absolute atomic E-state index is 0.142. The molecule has 120 valence electrons. The van der Waals surface area contributed by atoms with Gasteiger partial charge in [0.05, 0.1) is 11.9 Å². The first-order valence-electron chi connectivity index (χ1n) is 7.51. The molecule has 1 aliphatic rings. The van der Waals surface area contributed by atoms with E-state index in [2.05, 4.69) is 10.4 Å². The van der Waals surface area contributed by atoms with Gasteiger partial charge in [0.1, 0.15) is 17.5 Å². The highest BCUT2D eigenvalue weighted by Crippen LogP contribution is 2.38. The van der Waals surface area contributed by atoms with Crippen molar-refractivity contribution in [3.8, 4) is 5.69 Å². The van der Waals surface area contributed by atoms with Crippen LogP contribution in [0.15, 0.2) is 54.7 Å². The SMILES string of the molecule is O=C1CC(c2ccccc2F)c2cnn(-c3cccc(F)c3)c2N1. The second-order valence-electron chi connectivity index (χ2n) is 5.67. The smallest absolute Gasteiger partial charge is 0.226 e. The molecule has 1 amide bonds. The molecule has 0 radical (unpaired) electrons. The van der Waals surface area contributed by atoms with Crippen molar-refractivity contribution in [2.75, 3.05) is 5.32 Å². The number of amides is 1. The fourth-order valence-corrected chi connectivity index (χ4v) is 3.06. The molecule has 0 aliphatic carbocycles. The van der Waals surface area contributed by atoms with Crippen LogP contribution in [0, 0.1) is 11.6 Å². The minimum atomic E-state index is -0.419. The zero-order chi connectivity index (χ0) is 16.7. The molecule has 24 heavy (non-hydrogen) atoms. The molecule has 4 rings (SSSR count). The Hall–Kier alpha value is -3.02. The third-order valence-corrected chi connectivity index (χ3v) is 4.15. The van der Waals surface area contributed by atoms with E-state index in [1.807, 2.05) is 0 Å². The van der Waals surface area contributed by atoms with E-state index < -0.39 is 11.7 Å². The van der Waals surface area contributed by atoms with E-state index >= 15 is 0 Å². The van der Waals surface area contributed by atoms with Gasteiger partial charge in [0.15, 0.2) is 0 Å². The Morgan fingerprint density at radius 1 is 1.08 bits per heavy atom. The van der Waals surface area contributed by atoms with Crippen LogP contribution in [0.4, 0.5) is 14.6 Å². The molecule has 2 heterocycles. The summed E-state index contributed by atoms with van der Waals surface area (Å²) in [7, 11) is 0. The third-order valence-electron chi connectivity index (χ3n) is 4.15. The first-order chi connectivity index (χ1) is 11.6. The lowest BCUT2D eigenvalue weighted by atomic mass is 9.87. The van der Waals surface area contributed by atoms with Crippen molar-refractivity contribution in [1.29, 1.82) is 0 Å². The van der Waals surface area contributed by atoms with E-state index in [1.165, 1.54) is 22.9 Å². The maximum Gasteiger partial charge on any atom is 0.226 e. The second-order valence-corrected chi connectivity index (χ2v) is 5.67. The number of hydrogen-bond acceptors (Lipinski definition) is 2. The molecule has 1 aliphatic heterocycles. The zero-order valence-electron chi connectivity index (χ0n) is 12.5. The lowest BCUT2D eigenvalue weighted by Gasteiger charge is -2.24. The summed E-state index contributed by atoms with van der Waals surface area (Å²) in [6.45, 7) is 0. The van der Waals surface area contributed by atoms with Crippen molar-refractivity contribution in [2.45, 2.75) is 12.3 Å². The van der Waals surface area contributed by atoms with Gasteiger partial charge in [-0.3, -0.25) is 4.79 Å². The van der Waals surface area contributed by atoms with Crippen molar-refractivity contribution in [3.05, 3.63) is 77.5 Å². The molecule has 1 unspecified atom stereocenters. The number of benzene rings is 2.